The molecule has 12 heteroatoms. The third-order valence-corrected chi connectivity index (χ3v) is 6.82. The third kappa shape index (κ3) is 6.50. The van der Waals surface area contributed by atoms with Crippen LogP contribution >= 0.6 is 27.7 Å². The molecule has 38 heavy (non-hydrogen) atoms. The Morgan fingerprint density at radius 2 is 1.87 bits per heavy atom. The number of non-ortho nitro benzene ring substituents is 1. The number of thioether (sulfide) groups is 1. The fourth-order valence-corrected chi connectivity index (χ4v) is 4.95. The summed E-state index contributed by atoms with van der Waals surface area (Å²) in [7, 11) is 1.46. The van der Waals surface area contributed by atoms with Crippen molar-refractivity contribution >= 4 is 50.6 Å². The second-order valence-corrected chi connectivity index (χ2v) is 9.73. The van der Waals surface area contributed by atoms with Gasteiger partial charge in [0.25, 0.3) is 16.8 Å². The Morgan fingerprint density at radius 3 is 2.58 bits per heavy atom. The minimum atomic E-state index is -0.477. The quantitative estimate of drug-likeness (QED) is 0.153. The Kier molecular flexibility index (Phi) is 8.64. The zero-order valence-corrected chi connectivity index (χ0v) is 22.3. The normalized spacial score (nSPS) is 14.2. The molecule has 2 amide bonds. The number of ether oxygens (including phenoxy) is 3. The minimum Gasteiger partial charge on any atom is -0.493 e. The molecule has 1 heterocycles. The molecule has 0 aliphatic carbocycles. The molecule has 196 valence electrons. The Morgan fingerprint density at radius 1 is 1.11 bits per heavy atom. The summed E-state index contributed by atoms with van der Waals surface area (Å²) < 4.78 is 30.4. The van der Waals surface area contributed by atoms with Gasteiger partial charge in [0, 0.05) is 12.1 Å². The summed E-state index contributed by atoms with van der Waals surface area (Å²) in [5.41, 5.74) is 1.15. The zero-order chi connectivity index (χ0) is 27.2. The number of hydrogen-bond donors (Lipinski definition) is 0. The summed E-state index contributed by atoms with van der Waals surface area (Å²) >= 11 is 4.26. The number of halogens is 2. The molecule has 3 aromatic rings. The lowest BCUT2D eigenvalue weighted by molar-refractivity contribution is -0.384. The van der Waals surface area contributed by atoms with E-state index in [4.69, 9.17) is 14.2 Å². The van der Waals surface area contributed by atoms with E-state index in [1.807, 2.05) is 0 Å². The molecule has 9 nitrogen and oxygen atoms in total. The Labute approximate surface area is 229 Å². The van der Waals surface area contributed by atoms with Crippen molar-refractivity contribution in [3.63, 3.8) is 0 Å². The molecular weight excluding hydrogens is 583 g/mol. The molecule has 3 aromatic carbocycles. The van der Waals surface area contributed by atoms with Gasteiger partial charge in [0.2, 0.25) is 0 Å². The maximum Gasteiger partial charge on any atom is 0.293 e. The van der Waals surface area contributed by atoms with E-state index in [1.54, 1.807) is 30.3 Å². The van der Waals surface area contributed by atoms with Gasteiger partial charge in [-0.05, 0) is 81.3 Å². The van der Waals surface area contributed by atoms with E-state index in [2.05, 4.69) is 15.9 Å². The minimum absolute atomic E-state index is 0.0385. The average molecular weight is 603 g/mol. The number of imide groups is 1. The molecule has 0 saturated carbocycles. The summed E-state index contributed by atoms with van der Waals surface area (Å²) in [5.74, 6) is 0.325. The van der Waals surface area contributed by atoms with Gasteiger partial charge in [0.15, 0.2) is 11.5 Å². The molecule has 0 bridgehead atoms. The lowest BCUT2D eigenvalue weighted by Crippen LogP contribution is -2.32. The SMILES string of the molecule is COc1cc(/C=C2\SC(=O)N(CCOc3ccc(F)cc3)C2=O)cc(Br)c1OCc1cccc([N+](=O)[O-])c1. The number of nitrogens with zero attached hydrogens (tertiary/aromatic N) is 2. The van der Waals surface area contributed by atoms with Crippen LogP contribution in [0.4, 0.5) is 14.9 Å². The predicted octanol–water partition coefficient (Wildman–Crippen LogP) is 6.20. The molecule has 4 rings (SSSR count). The standard InChI is InChI=1S/C26H20BrFN2O7S/c1-35-22-13-17(12-21(27)24(22)37-15-16-3-2-4-19(11-16)30(33)34)14-23-25(31)29(26(32)38-23)9-10-36-20-7-5-18(28)6-8-20/h2-8,11-14H,9-10,15H2,1H3/b23-14-. The molecule has 0 radical (unpaired) electrons. The monoisotopic (exact) mass is 602 g/mol. The summed E-state index contributed by atoms with van der Waals surface area (Å²) in [6.45, 7) is 0.165. The van der Waals surface area contributed by atoms with Crippen LogP contribution in [0.15, 0.2) is 70.0 Å². The first-order valence-electron chi connectivity index (χ1n) is 11.1. The Balaban J connectivity index is 1.44. The summed E-state index contributed by atoms with van der Waals surface area (Å²) in [4.78, 5) is 37.1. The first-order chi connectivity index (χ1) is 18.2. The zero-order valence-electron chi connectivity index (χ0n) is 19.9. The molecule has 1 fully saturated rings. The molecule has 0 aromatic heterocycles. The van der Waals surface area contributed by atoms with Crippen molar-refractivity contribution in [1.82, 2.24) is 4.90 Å². The van der Waals surface area contributed by atoms with Gasteiger partial charge >= 0.3 is 0 Å². The number of rotatable bonds is 10. The third-order valence-electron chi connectivity index (χ3n) is 5.32. The molecule has 0 spiro atoms. The van der Waals surface area contributed by atoms with Crippen molar-refractivity contribution in [1.29, 1.82) is 0 Å². The van der Waals surface area contributed by atoms with Gasteiger partial charge in [-0.3, -0.25) is 24.6 Å². The van der Waals surface area contributed by atoms with Gasteiger partial charge in [-0.2, -0.15) is 0 Å². The van der Waals surface area contributed by atoms with Crippen molar-refractivity contribution in [2.24, 2.45) is 0 Å². The van der Waals surface area contributed by atoms with Crippen LogP contribution in [-0.2, 0) is 11.4 Å². The van der Waals surface area contributed by atoms with Crippen molar-refractivity contribution in [2.45, 2.75) is 6.61 Å². The first kappa shape index (κ1) is 27.1. The summed E-state index contributed by atoms with van der Waals surface area (Å²) in [5, 5.41) is 10.6. The summed E-state index contributed by atoms with van der Waals surface area (Å²) in [6.07, 6.45) is 1.57. The number of nitro groups is 1. The van der Waals surface area contributed by atoms with E-state index in [-0.39, 0.29) is 30.4 Å². The van der Waals surface area contributed by atoms with Crippen LogP contribution in [0.25, 0.3) is 6.08 Å². The van der Waals surface area contributed by atoms with Crippen molar-refractivity contribution in [2.75, 3.05) is 20.3 Å². The highest BCUT2D eigenvalue weighted by molar-refractivity contribution is 9.10. The number of hydrogen-bond acceptors (Lipinski definition) is 8. The average Bonchev–Trinajstić information content (AvgIpc) is 3.16. The van der Waals surface area contributed by atoms with Gasteiger partial charge in [-0.15, -0.1) is 0 Å². The number of carbonyl (C=O) groups is 2. The van der Waals surface area contributed by atoms with E-state index < -0.39 is 21.9 Å². The van der Waals surface area contributed by atoms with Crippen LogP contribution in [0.3, 0.4) is 0 Å². The molecule has 1 aliphatic rings. The van der Waals surface area contributed by atoms with Crippen LogP contribution in [0.5, 0.6) is 17.2 Å². The van der Waals surface area contributed by atoms with E-state index in [0.717, 1.165) is 16.7 Å². The number of nitro benzene ring substituents is 1. The maximum atomic E-state index is 13.0. The van der Waals surface area contributed by atoms with Crippen LogP contribution in [0, 0.1) is 15.9 Å². The topological polar surface area (TPSA) is 108 Å². The van der Waals surface area contributed by atoms with Gasteiger partial charge in [0.05, 0.1) is 28.0 Å². The van der Waals surface area contributed by atoms with E-state index >= 15 is 0 Å². The second kappa shape index (κ2) is 12.1. The van der Waals surface area contributed by atoms with Gasteiger partial charge in [0.1, 0.15) is 24.8 Å². The van der Waals surface area contributed by atoms with E-state index in [9.17, 15) is 24.1 Å². The lowest BCUT2D eigenvalue weighted by atomic mass is 10.1. The fraction of sp³-hybridized carbons (Fsp3) is 0.154. The van der Waals surface area contributed by atoms with Crippen molar-refractivity contribution in [3.05, 3.63) is 97.1 Å². The molecular formula is C26H20BrFN2O7S. The largest absolute Gasteiger partial charge is 0.493 e. The molecule has 0 N–H and O–H groups in total. The van der Waals surface area contributed by atoms with Crippen LogP contribution in [0.1, 0.15) is 11.1 Å². The highest BCUT2D eigenvalue weighted by Gasteiger charge is 2.35. The van der Waals surface area contributed by atoms with E-state index in [1.165, 1.54) is 43.5 Å². The Bertz CT molecular complexity index is 1420. The highest BCUT2D eigenvalue weighted by atomic mass is 79.9. The van der Waals surface area contributed by atoms with Crippen LogP contribution in [-0.4, -0.2) is 41.2 Å². The van der Waals surface area contributed by atoms with E-state index in [0.29, 0.717) is 32.8 Å². The second-order valence-electron chi connectivity index (χ2n) is 7.89. The van der Waals surface area contributed by atoms with Crippen LogP contribution < -0.4 is 14.2 Å². The molecule has 0 atom stereocenters. The number of methoxy groups -OCH3 is 1. The van der Waals surface area contributed by atoms with Gasteiger partial charge in [-0.1, -0.05) is 12.1 Å². The summed E-state index contributed by atoms with van der Waals surface area (Å²) in [6, 6.07) is 14.9. The predicted molar refractivity (Wildman–Crippen MR) is 143 cm³/mol. The Hall–Kier alpha value is -3.90. The van der Waals surface area contributed by atoms with Crippen molar-refractivity contribution < 1.29 is 33.1 Å². The molecule has 1 aliphatic heterocycles. The van der Waals surface area contributed by atoms with Crippen LogP contribution in [0.2, 0.25) is 0 Å². The van der Waals surface area contributed by atoms with Crippen molar-refractivity contribution in [3.8, 4) is 17.2 Å². The molecule has 0 unspecified atom stereocenters. The van der Waals surface area contributed by atoms with Gasteiger partial charge < -0.3 is 14.2 Å². The smallest absolute Gasteiger partial charge is 0.293 e. The first-order valence-corrected chi connectivity index (χ1v) is 12.7. The fourth-order valence-electron chi connectivity index (χ4n) is 3.51. The number of amides is 2. The number of benzene rings is 3. The highest BCUT2D eigenvalue weighted by Crippen LogP contribution is 2.39. The maximum absolute atomic E-state index is 13.0. The lowest BCUT2D eigenvalue weighted by Gasteiger charge is -2.14. The van der Waals surface area contributed by atoms with Gasteiger partial charge in [-0.25, -0.2) is 4.39 Å². The number of carbonyl (C=O) groups excluding carboxylic acids is 2. The molecule has 1 saturated heterocycles.